The van der Waals surface area contributed by atoms with Crippen LogP contribution in [0.5, 0.6) is 0 Å². The summed E-state index contributed by atoms with van der Waals surface area (Å²) in [7, 11) is 1.43. The molecule has 0 bridgehead atoms. The van der Waals surface area contributed by atoms with E-state index in [2.05, 4.69) is 5.32 Å². The Morgan fingerprint density at radius 1 is 1.44 bits per heavy atom. The van der Waals surface area contributed by atoms with E-state index < -0.39 is 0 Å². The maximum Gasteiger partial charge on any atom is 0.322 e. The molecule has 1 unspecified atom stereocenters. The Kier molecular flexibility index (Phi) is 4.74. The van der Waals surface area contributed by atoms with Gasteiger partial charge < -0.3 is 14.8 Å². The minimum Gasteiger partial charge on any atom is -0.468 e. The van der Waals surface area contributed by atoms with Crippen LogP contribution in [0.3, 0.4) is 0 Å². The molecule has 0 heterocycles. The van der Waals surface area contributed by atoms with Crippen LogP contribution < -0.4 is 5.32 Å². The standard InChI is InChI=1S/C12H23NO3/c1-12(2,3)16-8-7-10(11(14)15-4)13-9-5-6-9/h9-10,13H,5-8H2,1-4H3. The molecule has 0 aliphatic heterocycles. The fourth-order valence-electron chi connectivity index (χ4n) is 1.43. The van der Waals surface area contributed by atoms with E-state index >= 15 is 0 Å². The average molecular weight is 229 g/mol. The van der Waals surface area contributed by atoms with Gasteiger partial charge in [-0.1, -0.05) is 0 Å². The van der Waals surface area contributed by atoms with E-state index in [1.807, 2.05) is 20.8 Å². The molecule has 4 nitrogen and oxygen atoms in total. The first-order valence-corrected chi connectivity index (χ1v) is 5.90. The largest absolute Gasteiger partial charge is 0.468 e. The first kappa shape index (κ1) is 13.5. The molecule has 94 valence electrons. The van der Waals surface area contributed by atoms with Gasteiger partial charge in [0.05, 0.1) is 12.7 Å². The lowest BCUT2D eigenvalue weighted by Gasteiger charge is -2.22. The summed E-state index contributed by atoms with van der Waals surface area (Å²) in [5, 5.41) is 3.27. The molecule has 0 spiro atoms. The van der Waals surface area contributed by atoms with Crippen molar-refractivity contribution < 1.29 is 14.3 Å². The Hall–Kier alpha value is -0.610. The van der Waals surface area contributed by atoms with Gasteiger partial charge in [0.1, 0.15) is 6.04 Å². The molecule has 0 amide bonds. The quantitative estimate of drug-likeness (QED) is 0.701. The lowest BCUT2D eigenvalue weighted by atomic mass is 10.1. The Morgan fingerprint density at radius 3 is 2.50 bits per heavy atom. The van der Waals surface area contributed by atoms with Crippen molar-refractivity contribution in [1.29, 1.82) is 0 Å². The van der Waals surface area contributed by atoms with Crippen LogP contribution in [0.15, 0.2) is 0 Å². The highest BCUT2D eigenvalue weighted by Crippen LogP contribution is 2.20. The summed E-state index contributed by atoms with van der Waals surface area (Å²) in [5.74, 6) is -0.190. The number of nitrogens with one attached hydrogen (secondary N) is 1. The van der Waals surface area contributed by atoms with E-state index in [4.69, 9.17) is 9.47 Å². The zero-order chi connectivity index (χ0) is 12.2. The molecule has 1 rings (SSSR count). The fourth-order valence-corrected chi connectivity index (χ4v) is 1.43. The van der Waals surface area contributed by atoms with Crippen LogP contribution in [0.25, 0.3) is 0 Å². The van der Waals surface area contributed by atoms with Gasteiger partial charge in [0.15, 0.2) is 0 Å². The maximum absolute atomic E-state index is 11.5. The number of rotatable bonds is 6. The second kappa shape index (κ2) is 5.64. The van der Waals surface area contributed by atoms with Crippen molar-refractivity contribution in [2.75, 3.05) is 13.7 Å². The van der Waals surface area contributed by atoms with E-state index in [1.165, 1.54) is 7.11 Å². The molecular formula is C12H23NO3. The first-order valence-electron chi connectivity index (χ1n) is 5.90. The topological polar surface area (TPSA) is 47.6 Å². The Morgan fingerprint density at radius 2 is 2.06 bits per heavy atom. The zero-order valence-corrected chi connectivity index (χ0v) is 10.7. The van der Waals surface area contributed by atoms with Gasteiger partial charge in [-0.25, -0.2) is 0 Å². The molecule has 0 radical (unpaired) electrons. The Labute approximate surface area is 97.7 Å². The minimum atomic E-state index is -0.222. The lowest BCUT2D eigenvalue weighted by molar-refractivity contribution is -0.144. The summed E-state index contributed by atoms with van der Waals surface area (Å²) in [5.41, 5.74) is -0.153. The maximum atomic E-state index is 11.5. The second-order valence-electron chi connectivity index (χ2n) is 5.27. The van der Waals surface area contributed by atoms with Gasteiger partial charge >= 0.3 is 5.97 Å². The van der Waals surface area contributed by atoms with Crippen molar-refractivity contribution in [3.8, 4) is 0 Å². The molecule has 16 heavy (non-hydrogen) atoms. The first-order chi connectivity index (χ1) is 7.42. The molecule has 1 aliphatic rings. The van der Waals surface area contributed by atoms with Crippen LogP contribution in [0, 0.1) is 0 Å². The van der Waals surface area contributed by atoms with Gasteiger partial charge in [0.2, 0.25) is 0 Å². The monoisotopic (exact) mass is 229 g/mol. The number of carbonyl (C=O) groups excluding carboxylic acids is 1. The second-order valence-corrected chi connectivity index (χ2v) is 5.27. The summed E-state index contributed by atoms with van der Waals surface area (Å²) in [6.07, 6.45) is 2.99. The average Bonchev–Trinajstić information content (AvgIpc) is 2.97. The molecule has 1 N–H and O–H groups in total. The number of ether oxygens (including phenoxy) is 2. The molecule has 0 aromatic carbocycles. The predicted molar refractivity (Wildman–Crippen MR) is 62.3 cm³/mol. The highest BCUT2D eigenvalue weighted by Gasteiger charge is 2.29. The molecule has 1 aliphatic carbocycles. The van der Waals surface area contributed by atoms with E-state index in [0.717, 1.165) is 12.8 Å². The molecular weight excluding hydrogens is 206 g/mol. The van der Waals surface area contributed by atoms with Crippen LogP contribution in [0.2, 0.25) is 0 Å². The Balaban J connectivity index is 2.28. The molecule has 1 saturated carbocycles. The fraction of sp³-hybridized carbons (Fsp3) is 0.917. The summed E-state index contributed by atoms with van der Waals surface area (Å²) in [6.45, 7) is 6.60. The van der Waals surface area contributed by atoms with Crippen molar-refractivity contribution >= 4 is 5.97 Å². The smallest absolute Gasteiger partial charge is 0.322 e. The van der Waals surface area contributed by atoms with E-state index in [-0.39, 0.29) is 17.6 Å². The number of carbonyl (C=O) groups is 1. The lowest BCUT2D eigenvalue weighted by Crippen LogP contribution is -2.40. The van der Waals surface area contributed by atoms with Gasteiger partial charge in [-0.3, -0.25) is 4.79 Å². The number of hydrogen-bond donors (Lipinski definition) is 1. The summed E-state index contributed by atoms with van der Waals surface area (Å²) in [6, 6.07) is 0.276. The van der Waals surface area contributed by atoms with Gasteiger partial charge in [-0.2, -0.15) is 0 Å². The van der Waals surface area contributed by atoms with E-state index in [1.54, 1.807) is 0 Å². The SMILES string of the molecule is COC(=O)C(CCOC(C)(C)C)NC1CC1. The number of esters is 1. The van der Waals surface area contributed by atoms with Gasteiger partial charge in [0, 0.05) is 12.6 Å². The summed E-state index contributed by atoms with van der Waals surface area (Å²) in [4.78, 5) is 11.5. The number of methoxy groups -OCH3 is 1. The van der Waals surface area contributed by atoms with Crippen molar-refractivity contribution in [3.05, 3.63) is 0 Å². The summed E-state index contributed by atoms with van der Waals surface area (Å²) >= 11 is 0. The van der Waals surface area contributed by atoms with Crippen LogP contribution in [-0.2, 0) is 14.3 Å². The molecule has 1 atom stereocenters. The zero-order valence-electron chi connectivity index (χ0n) is 10.7. The summed E-state index contributed by atoms with van der Waals surface area (Å²) < 4.78 is 10.4. The Bertz CT molecular complexity index is 231. The molecule has 1 fully saturated rings. The highest BCUT2D eigenvalue weighted by molar-refractivity contribution is 5.75. The van der Waals surface area contributed by atoms with Crippen molar-refractivity contribution in [2.45, 2.75) is 57.7 Å². The van der Waals surface area contributed by atoms with Gasteiger partial charge in [0.25, 0.3) is 0 Å². The van der Waals surface area contributed by atoms with Crippen LogP contribution in [-0.4, -0.2) is 37.4 Å². The number of hydrogen-bond acceptors (Lipinski definition) is 4. The van der Waals surface area contributed by atoms with E-state index in [9.17, 15) is 4.79 Å². The van der Waals surface area contributed by atoms with Crippen molar-refractivity contribution in [2.24, 2.45) is 0 Å². The highest BCUT2D eigenvalue weighted by atomic mass is 16.5. The minimum absolute atomic E-state index is 0.153. The molecule has 4 heteroatoms. The molecule has 0 saturated heterocycles. The van der Waals surface area contributed by atoms with Crippen molar-refractivity contribution in [1.82, 2.24) is 5.32 Å². The van der Waals surface area contributed by atoms with Crippen LogP contribution in [0.1, 0.15) is 40.0 Å². The van der Waals surface area contributed by atoms with Gasteiger partial charge in [-0.15, -0.1) is 0 Å². The normalized spacial score (nSPS) is 18.2. The van der Waals surface area contributed by atoms with Crippen LogP contribution in [0.4, 0.5) is 0 Å². The van der Waals surface area contributed by atoms with Gasteiger partial charge in [-0.05, 0) is 40.0 Å². The van der Waals surface area contributed by atoms with Crippen molar-refractivity contribution in [3.63, 3.8) is 0 Å². The van der Waals surface area contributed by atoms with E-state index in [0.29, 0.717) is 19.1 Å². The van der Waals surface area contributed by atoms with Crippen LogP contribution >= 0.6 is 0 Å². The third-order valence-electron chi connectivity index (χ3n) is 2.44. The third-order valence-corrected chi connectivity index (χ3v) is 2.44. The molecule has 0 aromatic rings. The molecule has 0 aromatic heterocycles. The third kappa shape index (κ3) is 5.47. The predicted octanol–water partition coefficient (Wildman–Crippen LogP) is 1.49.